The van der Waals surface area contributed by atoms with Crippen LogP contribution in [-0.2, 0) is 4.79 Å². The fraction of sp³-hybridized carbons (Fsp3) is 0.154. The van der Waals surface area contributed by atoms with Crippen LogP contribution in [0.1, 0.15) is 12.1 Å². The van der Waals surface area contributed by atoms with Gasteiger partial charge in [0.15, 0.2) is 0 Å². The molecular weight excluding hydrogens is 269 g/mol. The first-order chi connectivity index (χ1) is 9.09. The molecular formula is C13H12N3NaO3. The fourth-order valence-electron chi connectivity index (χ4n) is 1.62. The van der Waals surface area contributed by atoms with E-state index in [1.54, 1.807) is 19.1 Å². The summed E-state index contributed by atoms with van der Waals surface area (Å²) in [7, 11) is 0. The summed E-state index contributed by atoms with van der Waals surface area (Å²) >= 11 is 0. The molecule has 98 valence electrons. The number of carboxylic acids is 1. The minimum absolute atomic E-state index is 0. The zero-order valence-corrected chi connectivity index (χ0v) is 13.3. The smallest absolute Gasteiger partial charge is 0.550 e. The molecule has 1 heterocycles. The van der Waals surface area contributed by atoms with Crippen LogP contribution in [0.3, 0.4) is 0 Å². The number of rotatable bonds is 4. The summed E-state index contributed by atoms with van der Waals surface area (Å²) in [5.74, 6) is -1.35. The van der Waals surface area contributed by atoms with E-state index in [0.717, 1.165) is 0 Å². The van der Waals surface area contributed by atoms with Crippen LogP contribution in [-0.4, -0.2) is 27.1 Å². The zero-order valence-electron chi connectivity index (χ0n) is 11.3. The van der Waals surface area contributed by atoms with Crippen LogP contribution in [0.2, 0.25) is 0 Å². The van der Waals surface area contributed by atoms with Crippen LogP contribution in [0.25, 0.3) is 5.69 Å². The predicted octanol–water partition coefficient (Wildman–Crippen LogP) is -2.27. The second kappa shape index (κ2) is 7.23. The third kappa shape index (κ3) is 3.69. The maximum absolute atomic E-state index is 10.3. The molecule has 1 N–H and O–H groups in total. The maximum Gasteiger partial charge on any atom is 1.00 e. The first-order valence-electron chi connectivity index (χ1n) is 5.66. The molecule has 0 saturated carbocycles. The van der Waals surface area contributed by atoms with Crippen molar-refractivity contribution in [3.63, 3.8) is 0 Å². The van der Waals surface area contributed by atoms with Crippen LogP contribution < -0.4 is 34.7 Å². The van der Waals surface area contributed by atoms with Crippen LogP contribution in [0.4, 0.5) is 5.69 Å². The fourth-order valence-corrected chi connectivity index (χ4v) is 1.62. The summed E-state index contributed by atoms with van der Waals surface area (Å²) in [4.78, 5) is 14.2. The summed E-state index contributed by atoms with van der Waals surface area (Å²) in [6.45, 7) is 1.69. The van der Waals surface area contributed by atoms with Gasteiger partial charge in [-0.1, -0.05) is 18.2 Å². The van der Waals surface area contributed by atoms with E-state index in [0.29, 0.717) is 11.4 Å². The first-order valence-corrected chi connectivity index (χ1v) is 5.66. The van der Waals surface area contributed by atoms with Crippen LogP contribution in [0.15, 0.2) is 35.3 Å². The molecule has 0 aliphatic rings. The minimum atomic E-state index is -1.23. The van der Waals surface area contributed by atoms with Crippen molar-refractivity contribution in [2.75, 3.05) is 0 Å². The minimum Gasteiger partial charge on any atom is -0.550 e. The van der Waals surface area contributed by atoms with Crippen molar-refractivity contribution in [3.8, 4) is 11.6 Å². The molecule has 0 amide bonds. The Kier molecular flexibility index (Phi) is 5.94. The molecule has 0 spiro atoms. The molecule has 7 heteroatoms. The number of aromatic nitrogens is 2. The molecule has 0 atom stereocenters. The molecule has 0 unspecified atom stereocenters. The van der Waals surface area contributed by atoms with Gasteiger partial charge in [0.1, 0.15) is 5.69 Å². The van der Waals surface area contributed by atoms with Crippen molar-refractivity contribution < 1.29 is 44.6 Å². The molecule has 0 aliphatic carbocycles. The van der Waals surface area contributed by atoms with Crippen molar-refractivity contribution in [2.24, 2.45) is 4.99 Å². The van der Waals surface area contributed by atoms with E-state index in [2.05, 4.69) is 10.1 Å². The number of aliphatic carboxylic acids is 1. The Morgan fingerprint density at radius 3 is 2.70 bits per heavy atom. The summed E-state index contributed by atoms with van der Waals surface area (Å²) < 4.78 is 1.35. The Labute approximate surface area is 138 Å². The number of aliphatic imine (C=N–C) groups is 1. The summed E-state index contributed by atoms with van der Waals surface area (Å²) in [5, 5.41) is 24.5. The monoisotopic (exact) mass is 281 g/mol. The number of carbonyl (C=O) groups is 1. The van der Waals surface area contributed by atoms with Gasteiger partial charge in [0.05, 0.1) is 11.4 Å². The largest absolute Gasteiger partial charge is 1.00 e. The molecule has 20 heavy (non-hydrogen) atoms. The normalized spacial score (nSPS) is 10.4. The third-order valence-electron chi connectivity index (χ3n) is 2.48. The summed E-state index contributed by atoms with van der Waals surface area (Å²) in [6.07, 6.45) is 0.865. The number of aromatic hydroxyl groups is 1. The van der Waals surface area contributed by atoms with Gasteiger partial charge in [0, 0.05) is 18.6 Å². The van der Waals surface area contributed by atoms with Crippen molar-refractivity contribution >= 4 is 17.9 Å². The number of aryl methyl sites for hydroxylation is 1. The average molecular weight is 281 g/mol. The van der Waals surface area contributed by atoms with Gasteiger partial charge in [-0.3, -0.25) is 4.99 Å². The van der Waals surface area contributed by atoms with Gasteiger partial charge in [-0.25, -0.2) is 0 Å². The van der Waals surface area contributed by atoms with Crippen LogP contribution in [0.5, 0.6) is 5.88 Å². The molecule has 1 aromatic heterocycles. The quantitative estimate of drug-likeness (QED) is 0.505. The molecule has 0 fully saturated rings. The molecule has 2 aromatic rings. The van der Waals surface area contributed by atoms with Gasteiger partial charge in [-0.2, -0.15) is 9.78 Å². The summed E-state index contributed by atoms with van der Waals surface area (Å²) in [6, 6.07) is 9.09. The molecule has 0 radical (unpaired) electrons. The third-order valence-corrected chi connectivity index (χ3v) is 2.48. The number of hydrogen-bond acceptors (Lipinski definition) is 5. The van der Waals surface area contributed by atoms with E-state index >= 15 is 0 Å². The van der Waals surface area contributed by atoms with Crippen molar-refractivity contribution in [1.29, 1.82) is 0 Å². The maximum atomic E-state index is 10.3. The Balaban J connectivity index is 0.00000200. The number of nitrogens with zero attached hydrogens (tertiary/aromatic N) is 3. The number of hydrogen-bond donors (Lipinski definition) is 1. The predicted molar refractivity (Wildman–Crippen MR) is 67.7 cm³/mol. The van der Waals surface area contributed by atoms with E-state index < -0.39 is 5.97 Å². The average Bonchev–Trinajstić information content (AvgIpc) is 2.67. The van der Waals surface area contributed by atoms with Crippen molar-refractivity contribution in [2.45, 2.75) is 13.3 Å². The molecule has 0 saturated heterocycles. The topological polar surface area (TPSA) is 90.5 Å². The second-order valence-electron chi connectivity index (χ2n) is 3.89. The van der Waals surface area contributed by atoms with Gasteiger partial charge in [-0.05, 0) is 19.1 Å². The van der Waals surface area contributed by atoms with Gasteiger partial charge >= 0.3 is 29.6 Å². The number of carboxylic acid groups (broad SMARTS) is 1. The van der Waals surface area contributed by atoms with E-state index in [4.69, 9.17) is 0 Å². The molecule has 6 nitrogen and oxygen atoms in total. The first kappa shape index (κ1) is 16.4. The molecule has 0 bridgehead atoms. The molecule has 0 aliphatic heterocycles. The standard InChI is InChI=1S/C13H13N3O3.Na/c1-9-12(14-8-7-11(17)18)13(19)16(15-9)10-5-3-2-4-6-10;/h2-6,8,19H,7H2,1H3,(H,17,18);/q;+1/p-1. The number of para-hydroxylation sites is 1. The summed E-state index contributed by atoms with van der Waals surface area (Å²) in [5.41, 5.74) is 1.46. The molecule has 1 aromatic carbocycles. The Morgan fingerprint density at radius 1 is 1.45 bits per heavy atom. The Hall–Kier alpha value is -1.63. The molecule has 2 rings (SSSR count). The van der Waals surface area contributed by atoms with Crippen molar-refractivity contribution in [1.82, 2.24) is 9.78 Å². The van der Waals surface area contributed by atoms with Crippen molar-refractivity contribution in [3.05, 3.63) is 36.0 Å². The van der Waals surface area contributed by atoms with Gasteiger partial charge in [0.2, 0.25) is 5.88 Å². The number of carbonyl (C=O) groups excluding carboxylic acids is 1. The number of benzene rings is 1. The van der Waals surface area contributed by atoms with E-state index in [-0.39, 0.29) is 47.5 Å². The Bertz CT molecular complexity index is 623. The van der Waals surface area contributed by atoms with E-state index in [1.165, 1.54) is 10.9 Å². The Morgan fingerprint density at radius 2 is 2.10 bits per heavy atom. The van der Waals surface area contributed by atoms with E-state index in [9.17, 15) is 15.0 Å². The SMILES string of the molecule is Cc1nn(-c2ccccc2)c(O)c1N=CCC(=O)[O-].[Na+]. The van der Waals surface area contributed by atoms with Crippen LogP contribution >= 0.6 is 0 Å². The van der Waals surface area contributed by atoms with Gasteiger partial charge in [0.25, 0.3) is 0 Å². The zero-order chi connectivity index (χ0) is 13.8. The van der Waals surface area contributed by atoms with Gasteiger partial charge in [-0.15, -0.1) is 0 Å². The van der Waals surface area contributed by atoms with Gasteiger partial charge < -0.3 is 15.0 Å². The van der Waals surface area contributed by atoms with E-state index in [1.807, 2.05) is 18.2 Å². The second-order valence-corrected chi connectivity index (χ2v) is 3.89. The van der Waals surface area contributed by atoms with Crippen LogP contribution in [0, 0.1) is 6.92 Å².